The van der Waals surface area contributed by atoms with Crippen molar-refractivity contribution in [3.05, 3.63) is 35.9 Å². The van der Waals surface area contributed by atoms with Crippen LogP contribution in [0.2, 0.25) is 0 Å². The normalized spacial score (nSPS) is 38.5. The fourth-order valence-electron chi connectivity index (χ4n) is 2.47. The molecule has 0 saturated carbocycles. The second-order valence-corrected chi connectivity index (χ2v) is 7.92. The molecule has 0 N–H and O–H groups in total. The smallest absolute Gasteiger partial charge is 0.221 e. The lowest BCUT2D eigenvalue weighted by molar-refractivity contribution is 0.504. The predicted octanol–water partition coefficient (Wildman–Crippen LogP) is 2.79. The second kappa shape index (κ2) is 3.94. The van der Waals surface area contributed by atoms with Crippen molar-refractivity contribution in [1.29, 1.82) is 0 Å². The fourth-order valence-corrected chi connectivity index (χ4v) is 6.03. The minimum Gasteiger partial charge on any atom is -0.288 e. The topological polar surface area (TPSA) is 23.1 Å². The summed E-state index contributed by atoms with van der Waals surface area (Å²) in [5.41, 5.74) is 1.19. The van der Waals surface area contributed by atoms with Gasteiger partial charge in [0.15, 0.2) is 0 Å². The highest BCUT2D eigenvalue weighted by molar-refractivity contribution is 7.58. The first kappa shape index (κ1) is 11.5. The molecule has 4 atom stereocenters. The van der Waals surface area contributed by atoms with Gasteiger partial charge in [0.1, 0.15) is 0 Å². The molecule has 0 radical (unpaired) electrons. The predicted molar refractivity (Wildman–Crippen MR) is 70.1 cm³/mol. The molecule has 3 nitrogen and oxygen atoms in total. The molecule has 2 fully saturated rings. The summed E-state index contributed by atoms with van der Waals surface area (Å²) in [5, 5.41) is 0. The van der Waals surface area contributed by atoms with E-state index in [0.717, 1.165) is 13.1 Å². The molecular weight excluding hydrogens is 231 g/mol. The fraction of sp³-hybridized carbons (Fsp3) is 0.538. The van der Waals surface area contributed by atoms with Gasteiger partial charge in [-0.15, -0.1) is 0 Å². The highest BCUT2D eigenvalue weighted by Crippen LogP contribution is 2.65. The van der Waals surface area contributed by atoms with E-state index in [9.17, 15) is 4.57 Å². The summed E-state index contributed by atoms with van der Waals surface area (Å²) in [4.78, 5) is 0. The molecule has 1 aromatic carbocycles. The van der Waals surface area contributed by atoms with Crippen LogP contribution in [0, 0.1) is 0 Å². The summed E-state index contributed by atoms with van der Waals surface area (Å²) < 4.78 is 17.5. The summed E-state index contributed by atoms with van der Waals surface area (Å²) >= 11 is 0. The van der Waals surface area contributed by atoms with Crippen LogP contribution in [-0.4, -0.2) is 34.5 Å². The first-order valence-corrected chi connectivity index (χ1v) is 8.08. The van der Waals surface area contributed by atoms with E-state index < -0.39 is 7.44 Å². The Morgan fingerprint density at radius 3 is 2.00 bits per heavy atom. The Kier molecular flexibility index (Phi) is 2.66. The van der Waals surface area contributed by atoms with Gasteiger partial charge < -0.3 is 0 Å². The van der Waals surface area contributed by atoms with Crippen LogP contribution in [0.1, 0.15) is 19.4 Å². The standard InChI is InChI=1S/C13H19N2OP/c1-11-8-14(11)17(16,15-9-12(15)2)10-13-6-4-3-5-7-13/h3-7,11-12H,8-10H2,1-2H3. The monoisotopic (exact) mass is 250 g/mol. The van der Waals surface area contributed by atoms with Gasteiger partial charge in [0, 0.05) is 25.2 Å². The lowest BCUT2D eigenvalue weighted by Crippen LogP contribution is -2.10. The van der Waals surface area contributed by atoms with Crippen LogP contribution in [0.4, 0.5) is 0 Å². The van der Waals surface area contributed by atoms with Gasteiger partial charge in [-0.3, -0.25) is 4.57 Å². The molecular formula is C13H19N2OP. The Labute approximate surface area is 103 Å². The summed E-state index contributed by atoms with van der Waals surface area (Å²) in [5.74, 6) is 0. The van der Waals surface area contributed by atoms with Crippen LogP contribution in [0.25, 0.3) is 0 Å². The minimum absolute atomic E-state index is 0.498. The second-order valence-electron chi connectivity index (χ2n) is 5.25. The van der Waals surface area contributed by atoms with Crippen molar-refractivity contribution in [2.45, 2.75) is 32.1 Å². The van der Waals surface area contributed by atoms with Crippen LogP contribution >= 0.6 is 7.44 Å². The molecule has 4 unspecified atom stereocenters. The Bertz CT molecular complexity index is 442. The van der Waals surface area contributed by atoms with Gasteiger partial charge in [0.25, 0.3) is 0 Å². The lowest BCUT2D eigenvalue weighted by Gasteiger charge is -2.21. The Morgan fingerprint density at radius 1 is 1.12 bits per heavy atom. The maximum Gasteiger partial charge on any atom is 0.221 e. The van der Waals surface area contributed by atoms with Crippen molar-refractivity contribution >= 4 is 7.44 Å². The molecule has 0 aliphatic carbocycles. The van der Waals surface area contributed by atoms with Gasteiger partial charge in [-0.25, -0.2) is 9.34 Å². The third kappa shape index (κ3) is 2.08. The number of benzene rings is 1. The molecule has 2 aliphatic heterocycles. The number of hydrogen-bond acceptors (Lipinski definition) is 1. The van der Waals surface area contributed by atoms with Gasteiger partial charge in [-0.1, -0.05) is 30.3 Å². The molecule has 0 aromatic heterocycles. The molecule has 2 heterocycles. The Morgan fingerprint density at radius 2 is 1.59 bits per heavy atom. The van der Waals surface area contributed by atoms with Crippen molar-refractivity contribution in [2.75, 3.05) is 13.1 Å². The van der Waals surface area contributed by atoms with Crippen molar-refractivity contribution in [3.8, 4) is 0 Å². The summed E-state index contributed by atoms with van der Waals surface area (Å²) in [6.45, 7) is 6.30. The van der Waals surface area contributed by atoms with Crippen molar-refractivity contribution in [2.24, 2.45) is 0 Å². The third-order valence-electron chi connectivity index (χ3n) is 3.69. The molecule has 92 valence electrons. The third-order valence-corrected chi connectivity index (χ3v) is 7.18. The minimum atomic E-state index is -2.31. The zero-order chi connectivity index (χ0) is 12.0. The first-order valence-electron chi connectivity index (χ1n) is 6.28. The lowest BCUT2D eigenvalue weighted by atomic mass is 10.2. The van der Waals surface area contributed by atoms with E-state index in [1.807, 2.05) is 18.2 Å². The van der Waals surface area contributed by atoms with E-state index in [-0.39, 0.29) is 0 Å². The largest absolute Gasteiger partial charge is 0.288 e. The highest BCUT2D eigenvalue weighted by atomic mass is 31.2. The number of hydrogen-bond donors (Lipinski definition) is 0. The summed E-state index contributed by atoms with van der Waals surface area (Å²) in [7, 11) is -2.31. The number of nitrogens with zero attached hydrogens (tertiary/aromatic N) is 2. The summed E-state index contributed by atoms with van der Waals surface area (Å²) in [6.07, 6.45) is 0.697. The van der Waals surface area contributed by atoms with Gasteiger partial charge in [-0.05, 0) is 19.4 Å². The van der Waals surface area contributed by atoms with E-state index in [1.54, 1.807) is 0 Å². The molecule has 4 heteroatoms. The highest BCUT2D eigenvalue weighted by Gasteiger charge is 2.54. The molecule has 0 amide bonds. The van der Waals surface area contributed by atoms with Crippen LogP contribution in [0.15, 0.2) is 30.3 Å². The molecule has 1 aromatic rings. The molecule has 17 heavy (non-hydrogen) atoms. The average molecular weight is 250 g/mol. The van der Waals surface area contributed by atoms with Crippen LogP contribution < -0.4 is 0 Å². The Balaban J connectivity index is 1.83. The van der Waals surface area contributed by atoms with Gasteiger partial charge >= 0.3 is 0 Å². The van der Waals surface area contributed by atoms with Crippen molar-refractivity contribution in [3.63, 3.8) is 0 Å². The molecule has 2 saturated heterocycles. The van der Waals surface area contributed by atoms with Gasteiger partial charge in [0.05, 0.1) is 6.16 Å². The van der Waals surface area contributed by atoms with Gasteiger partial charge in [-0.2, -0.15) is 0 Å². The molecule has 0 spiro atoms. The SMILES string of the molecule is CC1CN1P(=O)(Cc1ccccc1)N1CC1C. The zero-order valence-electron chi connectivity index (χ0n) is 10.4. The first-order chi connectivity index (χ1) is 8.11. The van der Waals surface area contributed by atoms with E-state index in [4.69, 9.17) is 0 Å². The average Bonchev–Trinajstić information content (AvgIpc) is 3.19. The van der Waals surface area contributed by atoms with Crippen molar-refractivity contribution < 1.29 is 4.57 Å². The van der Waals surface area contributed by atoms with Crippen LogP contribution in [-0.2, 0) is 10.7 Å². The van der Waals surface area contributed by atoms with Crippen LogP contribution in [0.3, 0.4) is 0 Å². The maximum atomic E-state index is 13.2. The quantitative estimate of drug-likeness (QED) is 0.606. The molecule has 0 bridgehead atoms. The van der Waals surface area contributed by atoms with Crippen molar-refractivity contribution in [1.82, 2.24) is 9.34 Å². The van der Waals surface area contributed by atoms with E-state index >= 15 is 0 Å². The zero-order valence-corrected chi connectivity index (χ0v) is 11.3. The van der Waals surface area contributed by atoms with Gasteiger partial charge in [0.2, 0.25) is 7.44 Å². The maximum absolute atomic E-state index is 13.2. The Hall–Kier alpha value is -0.630. The van der Waals surface area contributed by atoms with E-state index in [1.165, 1.54) is 5.56 Å². The summed E-state index contributed by atoms with van der Waals surface area (Å²) in [6, 6.07) is 11.2. The van der Waals surface area contributed by atoms with E-state index in [0.29, 0.717) is 18.2 Å². The number of rotatable bonds is 4. The van der Waals surface area contributed by atoms with E-state index in [2.05, 4.69) is 35.3 Å². The molecule has 2 aliphatic rings. The molecule has 3 rings (SSSR count). The van der Waals surface area contributed by atoms with Crippen LogP contribution in [0.5, 0.6) is 0 Å².